The zero-order chi connectivity index (χ0) is 14.8. The summed E-state index contributed by atoms with van der Waals surface area (Å²) in [5.41, 5.74) is 6.91. The maximum Gasteiger partial charge on any atom is 0 e. The van der Waals surface area contributed by atoms with Gasteiger partial charge in [-0.2, -0.15) is 0 Å². The molecule has 2 radical (unpaired) electrons. The van der Waals surface area contributed by atoms with Crippen LogP contribution in [0.2, 0.25) is 0 Å². The molecule has 0 spiro atoms. The van der Waals surface area contributed by atoms with E-state index in [1.807, 2.05) is 6.08 Å². The Labute approximate surface area is 157 Å². The largest absolute Gasteiger partial charge is 0.274 e. The number of nitrogens with two attached hydrogens (primary N) is 1. The second-order valence-corrected chi connectivity index (χ2v) is 5.00. The van der Waals surface area contributed by atoms with Gasteiger partial charge in [0, 0.05) is 32.7 Å². The van der Waals surface area contributed by atoms with Crippen LogP contribution in [0.15, 0.2) is 58.7 Å². The third-order valence-corrected chi connectivity index (χ3v) is 3.48. The van der Waals surface area contributed by atoms with E-state index in [1.165, 1.54) is 34.3 Å². The van der Waals surface area contributed by atoms with Gasteiger partial charge >= 0.3 is 0 Å². The SMILES string of the molecule is C=C\C(C)=C(C)/C=C(CC)\C(CCC)=C(C)/C=C\C.[NH2].[Y]. The van der Waals surface area contributed by atoms with E-state index in [4.69, 9.17) is 0 Å². The minimum absolute atomic E-state index is 0. The molecule has 0 atom stereocenters. The average Bonchev–Trinajstić information content (AvgIpc) is 2.41. The zero-order valence-corrected chi connectivity index (χ0v) is 17.6. The summed E-state index contributed by atoms with van der Waals surface area (Å²) < 4.78 is 0. The maximum atomic E-state index is 3.85. The molecule has 0 aliphatic rings. The average molecular weight is 363 g/mol. The van der Waals surface area contributed by atoms with Crippen molar-refractivity contribution in [3.8, 4) is 0 Å². The van der Waals surface area contributed by atoms with E-state index in [9.17, 15) is 0 Å². The summed E-state index contributed by atoms with van der Waals surface area (Å²) in [7, 11) is 0. The Morgan fingerprint density at radius 2 is 1.57 bits per heavy atom. The molecular weight excluding hydrogens is 331 g/mol. The van der Waals surface area contributed by atoms with Gasteiger partial charge in [0.05, 0.1) is 0 Å². The summed E-state index contributed by atoms with van der Waals surface area (Å²) in [5.74, 6) is 0. The second kappa shape index (κ2) is 14.7. The van der Waals surface area contributed by atoms with Crippen molar-refractivity contribution in [3.63, 3.8) is 0 Å². The smallest absolute Gasteiger partial charge is 0 e. The van der Waals surface area contributed by atoms with Crippen LogP contribution in [-0.4, -0.2) is 0 Å². The van der Waals surface area contributed by atoms with Crippen LogP contribution >= 0.6 is 0 Å². The minimum atomic E-state index is 0. The van der Waals surface area contributed by atoms with Crippen molar-refractivity contribution < 1.29 is 32.7 Å². The summed E-state index contributed by atoms with van der Waals surface area (Å²) in [6.07, 6.45) is 12.0. The fraction of sp³-hybridized carbons (Fsp3) is 0.474. The molecule has 0 saturated carbocycles. The van der Waals surface area contributed by atoms with Gasteiger partial charge in [0.25, 0.3) is 0 Å². The summed E-state index contributed by atoms with van der Waals surface area (Å²) in [5, 5.41) is 0. The molecule has 1 nitrogen and oxygen atoms in total. The Kier molecular flexibility index (Phi) is 18.0. The predicted octanol–water partition coefficient (Wildman–Crippen LogP) is 6.48. The van der Waals surface area contributed by atoms with E-state index in [2.05, 4.69) is 66.3 Å². The van der Waals surface area contributed by atoms with Gasteiger partial charge in [-0.25, -0.2) is 0 Å². The van der Waals surface area contributed by atoms with E-state index < -0.39 is 0 Å². The van der Waals surface area contributed by atoms with E-state index in [0.717, 1.165) is 12.8 Å². The Hall–Kier alpha value is -0.236. The van der Waals surface area contributed by atoms with Crippen LogP contribution in [-0.2, 0) is 32.7 Å². The maximum absolute atomic E-state index is 3.85. The van der Waals surface area contributed by atoms with Crippen molar-refractivity contribution in [2.24, 2.45) is 0 Å². The molecule has 0 bridgehead atoms. The van der Waals surface area contributed by atoms with Crippen molar-refractivity contribution >= 4 is 0 Å². The summed E-state index contributed by atoms with van der Waals surface area (Å²) in [4.78, 5) is 0. The van der Waals surface area contributed by atoms with Gasteiger partial charge in [-0.05, 0) is 68.4 Å². The van der Waals surface area contributed by atoms with Crippen LogP contribution in [0.25, 0.3) is 0 Å². The molecule has 0 saturated heterocycles. The van der Waals surface area contributed by atoms with E-state index in [1.54, 1.807) is 0 Å². The number of allylic oxidation sites excluding steroid dienone is 9. The van der Waals surface area contributed by atoms with Crippen LogP contribution < -0.4 is 6.15 Å². The quantitative estimate of drug-likeness (QED) is 0.464. The van der Waals surface area contributed by atoms with Crippen LogP contribution in [0.1, 0.15) is 60.8 Å². The molecule has 2 heteroatoms. The van der Waals surface area contributed by atoms with Crippen LogP contribution in [0.4, 0.5) is 0 Å². The van der Waals surface area contributed by atoms with Crippen molar-refractivity contribution in [2.75, 3.05) is 0 Å². The Morgan fingerprint density at radius 1 is 1.00 bits per heavy atom. The molecule has 0 heterocycles. The number of hydrogen-bond donors (Lipinski definition) is 0. The van der Waals surface area contributed by atoms with E-state index in [0.29, 0.717) is 0 Å². The third kappa shape index (κ3) is 9.40. The fourth-order valence-electron chi connectivity index (χ4n) is 2.15. The fourth-order valence-corrected chi connectivity index (χ4v) is 2.15. The monoisotopic (exact) mass is 363 g/mol. The Bertz CT molecular complexity index is 423. The second-order valence-electron chi connectivity index (χ2n) is 5.00. The topological polar surface area (TPSA) is 33.5 Å². The molecule has 116 valence electrons. The van der Waals surface area contributed by atoms with E-state index in [-0.39, 0.29) is 38.9 Å². The molecule has 0 aromatic heterocycles. The minimum Gasteiger partial charge on any atom is -0.274 e. The van der Waals surface area contributed by atoms with Gasteiger partial charge in [0.1, 0.15) is 0 Å². The van der Waals surface area contributed by atoms with Gasteiger partial charge in [-0.15, -0.1) is 0 Å². The molecule has 0 aromatic carbocycles. The first kappa shape index (κ1) is 25.7. The van der Waals surface area contributed by atoms with Crippen molar-refractivity contribution in [3.05, 3.63) is 58.7 Å². The normalized spacial score (nSPS) is 13.9. The molecule has 0 amide bonds. The predicted molar refractivity (Wildman–Crippen MR) is 93.4 cm³/mol. The summed E-state index contributed by atoms with van der Waals surface area (Å²) >= 11 is 0. The molecule has 0 aliphatic carbocycles. The molecule has 0 fully saturated rings. The van der Waals surface area contributed by atoms with Crippen molar-refractivity contribution in [1.29, 1.82) is 0 Å². The van der Waals surface area contributed by atoms with Crippen LogP contribution in [0.5, 0.6) is 0 Å². The van der Waals surface area contributed by atoms with E-state index >= 15 is 0 Å². The van der Waals surface area contributed by atoms with Gasteiger partial charge in [0.15, 0.2) is 0 Å². The first-order chi connectivity index (χ1) is 9.01. The summed E-state index contributed by atoms with van der Waals surface area (Å²) in [6, 6.07) is 0. The molecule has 21 heavy (non-hydrogen) atoms. The molecule has 0 aromatic rings. The van der Waals surface area contributed by atoms with Gasteiger partial charge < -0.3 is 0 Å². The van der Waals surface area contributed by atoms with Gasteiger partial charge in [0.2, 0.25) is 0 Å². The first-order valence-electron chi connectivity index (χ1n) is 7.34. The van der Waals surface area contributed by atoms with Crippen LogP contribution in [0, 0.1) is 0 Å². The summed E-state index contributed by atoms with van der Waals surface area (Å²) in [6.45, 7) is 16.9. The van der Waals surface area contributed by atoms with Crippen LogP contribution in [0.3, 0.4) is 0 Å². The van der Waals surface area contributed by atoms with Crippen molar-refractivity contribution in [2.45, 2.75) is 60.8 Å². The molecule has 0 rings (SSSR count). The zero-order valence-electron chi connectivity index (χ0n) is 14.8. The molecular formula is C19H32NY. The first-order valence-corrected chi connectivity index (χ1v) is 7.34. The van der Waals surface area contributed by atoms with Gasteiger partial charge in [-0.1, -0.05) is 51.2 Å². The number of rotatable bonds is 7. The van der Waals surface area contributed by atoms with Gasteiger partial charge in [-0.3, -0.25) is 6.15 Å². The standard InChI is InChI=1S/C19H30.H2N.Y/c1-8-12-16(6)19(13-9-2)18(11-4)14-17(7)15(5)10-3;;/h8,10,12,14H,3,9,11,13H2,1-2,4-7H3;1H2;/b12-8-,17-15-,18-14-,19-16-;;. The van der Waals surface area contributed by atoms with Crippen molar-refractivity contribution in [1.82, 2.24) is 6.15 Å². The Balaban J connectivity index is -0.00000162. The molecule has 2 N–H and O–H groups in total. The number of hydrogen-bond acceptors (Lipinski definition) is 0. The Morgan fingerprint density at radius 3 is 1.95 bits per heavy atom. The molecule has 0 unspecified atom stereocenters. The third-order valence-electron chi connectivity index (χ3n) is 3.48. The molecule has 0 aliphatic heterocycles.